The minimum Gasteiger partial charge on any atom is -0.300 e. The maximum atomic E-state index is 12.0. The lowest BCUT2D eigenvalue weighted by Crippen LogP contribution is -2.24. The molecule has 1 atom stereocenters. The third kappa shape index (κ3) is 1.99. The lowest BCUT2D eigenvalue weighted by atomic mass is 9.80. The summed E-state index contributed by atoms with van der Waals surface area (Å²) in [4.78, 5) is 23.0. The number of rotatable bonds is 2. The number of hydrogen-bond acceptors (Lipinski definition) is 2. The lowest BCUT2D eigenvalue weighted by Gasteiger charge is -2.22. The van der Waals surface area contributed by atoms with Crippen LogP contribution < -0.4 is 0 Å². The third-order valence-electron chi connectivity index (χ3n) is 2.95. The normalized spacial score (nSPS) is 19.8. The molecule has 1 aliphatic carbocycles. The Bertz CT molecular complexity index is 407. The van der Waals surface area contributed by atoms with E-state index in [9.17, 15) is 9.59 Å². The predicted octanol–water partition coefficient (Wildman–Crippen LogP) is 2.41. The van der Waals surface area contributed by atoms with E-state index in [1.54, 1.807) is 6.92 Å². The van der Waals surface area contributed by atoms with Crippen molar-refractivity contribution in [2.75, 3.05) is 0 Å². The van der Waals surface area contributed by atoms with Crippen molar-refractivity contribution in [3.05, 3.63) is 35.4 Å². The molecule has 0 aliphatic heterocycles. The number of fused-ring (bicyclic) bond motifs is 1. The largest absolute Gasteiger partial charge is 0.300 e. The van der Waals surface area contributed by atoms with Gasteiger partial charge in [0.1, 0.15) is 5.78 Å². The van der Waals surface area contributed by atoms with Crippen molar-refractivity contribution in [1.82, 2.24) is 0 Å². The molecule has 0 amide bonds. The number of hydrogen-bond donors (Lipinski definition) is 0. The minimum absolute atomic E-state index is 0.0857. The average Bonchev–Trinajstić information content (AvgIpc) is 2.22. The minimum atomic E-state index is -0.0857. The Morgan fingerprint density at radius 2 is 2.13 bits per heavy atom. The van der Waals surface area contributed by atoms with Gasteiger partial charge >= 0.3 is 0 Å². The first-order valence-corrected chi connectivity index (χ1v) is 5.30. The third-order valence-corrected chi connectivity index (χ3v) is 2.95. The molecular formula is C13H14O2. The van der Waals surface area contributed by atoms with Crippen molar-refractivity contribution >= 4 is 11.6 Å². The van der Waals surface area contributed by atoms with Crippen molar-refractivity contribution in [3.63, 3.8) is 0 Å². The van der Waals surface area contributed by atoms with Crippen LogP contribution in [0, 0.1) is 5.92 Å². The highest BCUT2D eigenvalue weighted by molar-refractivity contribution is 6.01. The summed E-state index contributed by atoms with van der Waals surface area (Å²) < 4.78 is 0. The van der Waals surface area contributed by atoms with Gasteiger partial charge < -0.3 is 4.79 Å². The molecule has 0 radical (unpaired) electrons. The van der Waals surface area contributed by atoms with E-state index in [0.29, 0.717) is 6.42 Å². The van der Waals surface area contributed by atoms with Gasteiger partial charge in [0, 0.05) is 17.9 Å². The molecule has 0 N–H and O–H groups in total. The molecule has 2 heteroatoms. The fourth-order valence-electron chi connectivity index (χ4n) is 2.20. The van der Waals surface area contributed by atoms with Crippen LogP contribution in [0.2, 0.25) is 0 Å². The van der Waals surface area contributed by atoms with E-state index >= 15 is 0 Å². The first-order chi connectivity index (χ1) is 7.18. The molecule has 0 saturated carbocycles. The molecule has 0 fully saturated rings. The topological polar surface area (TPSA) is 34.1 Å². The molecular weight excluding hydrogens is 188 g/mol. The number of carbonyl (C=O) groups is 2. The molecule has 0 aromatic heterocycles. The fourth-order valence-corrected chi connectivity index (χ4v) is 2.20. The molecule has 1 unspecified atom stereocenters. The maximum Gasteiger partial charge on any atom is 0.166 e. The number of ketones is 2. The summed E-state index contributed by atoms with van der Waals surface area (Å²) in [6.45, 7) is 1.55. The molecule has 1 aromatic carbocycles. The van der Waals surface area contributed by atoms with Crippen LogP contribution in [0.25, 0.3) is 0 Å². The monoisotopic (exact) mass is 202 g/mol. The Morgan fingerprint density at radius 3 is 2.87 bits per heavy atom. The van der Waals surface area contributed by atoms with Gasteiger partial charge in [-0.15, -0.1) is 0 Å². The van der Waals surface area contributed by atoms with Crippen LogP contribution >= 0.6 is 0 Å². The van der Waals surface area contributed by atoms with E-state index in [1.165, 1.54) is 0 Å². The zero-order chi connectivity index (χ0) is 10.8. The van der Waals surface area contributed by atoms with Gasteiger partial charge in [0.2, 0.25) is 0 Å². The Balaban J connectivity index is 2.26. The van der Waals surface area contributed by atoms with E-state index in [-0.39, 0.29) is 17.5 Å². The van der Waals surface area contributed by atoms with Gasteiger partial charge in [-0.3, -0.25) is 4.79 Å². The van der Waals surface area contributed by atoms with Gasteiger partial charge in [-0.2, -0.15) is 0 Å². The molecule has 0 spiro atoms. The molecule has 78 valence electrons. The Kier molecular flexibility index (Phi) is 2.67. The first-order valence-electron chi connectivity index (χ1n) is 5.30. The highest BCUT2D eigenvalue weighted by Crippen LogP contribution is 2.27. The molecule has 2 rings (SSSR count). The lowest BCUT2D eigenvalue weighted by molar-refractivity contribution is -0.117. The van der Waals surface area contributed by atoms with Crippen LogP contribution in [0.15, 0.2) is 24.3 Å². The van der Waals surface area contributed by atoms with Crippen LogP contribution in [0.1, 0.15) is 35.7 Å². The number of aryl methyl sites for hydroxylation is 1. The Hall–Kier alpha value is -1.44. The van der Waals surface area contributed by atoms with E-state index in [0.717, 1.165) is 24.0 Å². The summed E-state index contributed by atoms with van der Waals surface area (Å²) in [7, 11) is 0. The molecule has 0 bridgehead atoms. The van der Waals surface area contributed by atoms with Gasteiger partial charge in [-0.25, -0.2) is 0 Å². The van der Waals surface area contributed by atoms with E-state index in [2.05, 4.69) is 0 Å². The predicted molar refractivity (Wildman–Crippen MR) is 57.9 cm³/mol. The van der Waals surface area contributed by atoms with Crippen molar-refractivity contribution in [2.45, 2.75) is 26.2 Å². The van der Waals surface area contributed by atoms with Crippen LogP contribution in [-0.2, 0) is 11.2 Å². The van der Waals surface area contributed by atoms with Crippen LogP contribution in [-0.4, -0.2) is 11.6 Å². The first kappa shape index (κ1) is 10.1. The summed E-state index contributed by atoms with van der Waals surface area (Å²) in [5.41, 5.74) is 1.94. The Morgan fingerprint density at radius 1 is 1.40 bits per heavy atom. The van der Waals surface area contributed by atoms with Crippen molar-refractivity contribution in [1.29, 1.82) is 0 Å². The highest BCUT2D eigenvalue weighted by atomic mass is 16.1. The highest BCUT2D eigenvalue weighted by Gasteiger charge is 2.27. The molecule has 1 aromatic rings. The van der Waals surface area contributed by atoms with Crippen molar-refractivity contribution in [3.8, 4) is 0 Å². The SMILES string of the molecule is CC(=O)CC1CCc2ccccc2C1=O. The number of carbonyl (C=O) groups excluding carboxylic acids is 2. The van der Waals surface area contributed by atoms with Crippen LogP contribution in [0.4, 0.5) is 0 Å². The summed E-state index contributed by atoms with van der Waals surface area (Å²) in [5, 5.41) is 0. The van der Waals surface area contributed by atoms with Gasteiger partial charge in [0.25, 0.3) is 0 Å². The van der Waals surface area contributed by atoms with Crippen molar-refractivity contribution in [2.24, 2.45) is 5.92 Å². The fraction of sp³-hybridized carbons (Fsp3) is 0.385. The molecule has 0 heterocycles. The van der Waals surface area contributed by atoms with Crippen LogP contribution in [0.5, 0.6) is 0 Å². The number of Topliss-reactive ketones (excluding diaryl/α,β-unsaturated/α-hetero) is 2. The Labute approximate surface area is 89.3 Å². The zero-order valence-corrected chi connectivity index (χ0v) is 8.82. The quantitative estimate of drug-likeness (QED) is 0.738. The smallest absolute Gasteiger partial charge is 0.166 e. The summed E-state index contributed by atoms with van der Waals surface area (Å²) in [6, 6.07) is 7.70. The zero-order valence-electron chi connectivity index (χ0n) is 8.82. The molecule has 2 nitrogen and oxygen atoms in total. The van der Waals surface area contributed by atoms with E-state index in [4.69, 9.17) is 0 Å². The standard InChI is InChI=1S/C13H14O2/c1-9(14)8-11-7-6-10-4-2-3-5-12(10)13(11)15/h2-5,11H,6-8H2,1H3. The summed E-state index contributed by atoms with van der Waals surface area (Å²) in [5.74, 6) is 0.164. The molecule has 1 aliphatic rings. The summed E-state index contributed by atoms with van der Waals surface area (Å²) >= 11 is 0. The average molecular weight is 202 g/mol. The van der Waals surface area contributed by atoms with E-state index in [1.807, 2.05) is 24.3 Å². The van der Waals surface area contributed by atoms with Gasteiger partial charge in [-0.1, -0.05) is 24.3 Å². The van der Waals surface area contributed by atoms with Gasteiger partial charge in [-0.05, 0) is 25.3 Å². The van der Waals surface area contributed by atoms with Crippen molar-refractivity contribution < 1.29 is 9.59 Å². The van der Waals surface area contributed by atoms with Gasteiger partial charge in [0.05, 0.1) is 0 Å². The van der Waals surface area contributed by atoms with Crippen LogP contribution in [0.3, 0.4) is 0 Å². The molecule has 15 heavy (non-hydrogen) atoms. The second-order valence-corrected chi connectivity index (χ2v) is 4.16. The number of benzene rings is 1. The van der Waals surface area contributed by atoms with Gasteiger partial charge in [0.15, 0.2) is 5.78 Å². The summed E-state index contributed by atoms with van der Waals surface area (Å²) in [6.07, 6.45) is 2.13. The van der Waals surface area contributed by atoms with E-state index < -0.39 is 0 Å². The second-order valence-electron chi connectivity index (χ2n) is 4.16. The maximum absolute atomic E-state index is 12.0. The molecule has 0 saturated heterocycles. The second kappa shape index (κ2) is 3.97.